The third kappa shape index (κ3) is 1.47. The summed E-state index contributed by atoms with van der Waals surface area (Å²) < 4.78 is 26.8. The number of carbonyl (C=O) groups is 1. The van der Waals surface area contributed by atoms with E-state index in [0.717, 1.165) is 6.07 Å². The molecule has 1 aromatic heterocycles. The molecule has 1 amide bonds. The van der Waals surface area contributed by atoms with E-state index in [2.05, 4.69) is 10.3 Å². The summed E-state index contributed by atoms with van der Waals surface area (Å²) >= 11 is 0. The van der Waals surface area contributed by atoms with Gasteiger partial charge >= 0.3 is 0 Å². The molecule has 1 aliphatic heterocycles. The SMILES string of the molecule is O=C1Nc2c(ccc(F)c2F)C1(O)c1ccncc1. The van der Waals surface area contributed by atoms with Gasteiger partial charge in [-0.2, -0.15) is 0 Å². The molecule has 1 atom stereocenters. The van der Waals surface area contributed by atoms with Crippen molar-refractivity contribution in [3.63, 3.8) is 0 Å². The van der Waals surface area contributed by atoms with E-state index in [-0.39, 0.29) is 16.8 Å². The maximum absolute atomic E-state index is 13.6. The predicted molar refractivity (Wildman–Crippen MR) is 62.2 cm³/mol. The molecule has 1 aromatic carbocycles. The molecule has 4 nitrogen and oxygen atoms in total. The molecule has 6 heteroatoms. The fraction of sp³-hybridized carbons (Fsp3) is 0.0769. The zero-order valence-electron chi connectivity index (χ0n) is 9.52. The molecule has 0 saturated carbocycles. The van der Waals surface area contributed by atoms with E-state index < -0.39 is 23.1 Å². The molecule has 1 aliphatic rings. The summed E-state index contributed by atoms with van der Waals surface area (Å²) in [4.78, 5) is 15.7. The van der Waals surface area contributed by atoms with Crippen LogP contribution in [0.2, 0.25) is 0 Å². The van der Waals surface area contributed by atoms with Gasteiger partial charge in [-0.3, -0.25) is 9.78 Å². The second-order valence-corrected chi connectivity index (χ2v) is 4.18. The van der Waals surface area contributed by atoms with Gasteiger partial charge in [0.2, 0.25) is 0 Å². The van der Waals surface area contributed by atoms with E-state index in [4.69, 9.17) is 0 Å². The Morgan fingerprint density at radius 1 is 1.16 bits per heavy atom. The quantitative estimate of drug-likeness (QED) is 0.819. The maximum atomic E-state index is 13.6. The molecule has 0 fully saturated rings. The van der Waals surface area contributed by atoms with E-state index in [9.17, 15) is 18.7 Å². The molecule has 1 unspecified atom stereocenters. The fourth-order valence-electron chi connectivity index (χ4n) is 2.18. The number of rotatable bonds is 1. The van der Waals surface area contributed by atoms with Gasteiger partial charge < -0.3 is 10.4 Å². The normalized spacial score (nSPS) is 21.1. The Balaban J connectivity index is 2.27. The van der Waals surface area contributed by atoms with Crippen molar-refractivity contribution < 1.29 is 18.7 Å². The molecule has 0 radical (unpaired) electrons. The molecule has 19 heavy (non-hydrogen) atoms. The average Bonchev–Trinajstić information content (AvgIpc) is 2.69. The molecule has 2 N–H and O–H groups in total. The van der Waals surface area contributed by atoms with Crippen LogP contribution in [0.15, 0.2) is 36.7 Å². The Kier molecular flexibility index (Phi) is 2.36. The van der Waals surface area contributed by atoms with Crippen LogP contribution in [-0.2, 0) is 10.4 Å². The van der Waals surface area contributed by atoms with Crippen LogP contribution in [-0.4, -0.2) is 16.0 Å². The van der Waals surface area contributed by atoms with Crippen molar-refractivity contribution in [2.75, 3.05) is 5.32 Å². The minimum absolute atomic E-state index is 0.0115. The van der Waals surface area contributed by atoms with Gasteiger partial charge in [-0.25, -0.2) is 8.78 Å². The van der Waals surface area contributed by atoms with Crippen LogP contribution in [0.25, 0.3) is 0 Å². The molecular formula is C13H8F2N2O2. The number of pyridine rings is 1. The number of nitrogens with zero attached hydrogens (tertiary/aromatic N) is 1. The second-order valence-electron chi connectivity index (χ2n) is 4.18. The third-order valence-electron chi connectivity index (χ3n) is 3.15. The first-order valence-electron chi connectivity index (χ1n) is 5.48. The lowest BCUT2D eigenvalue weighted by atomic mass is 9.88. The summed E-state index contributed by atoms with van der Waals surface area (Å²) in [5.74, 6) is -3.09. The highest BCUT2D eigenvalue weighted by Gasteiger charge is 2.48. The van der Waals surface area contributed by atoms with Gasteiger partial charge in [-0.15, -0.1) is 0 Å². The van der Waals surface area contributed by atoms with Crippen molar-refractivity contribution in [2.45, 2.75) is 5.60 Å². The first-order chi connectivity index (χ1) is 9.05. The average molecular weight is 262 g/mol. The third-order valence-corrected chi connectivity index (χ3v) is 3.15. The van der Waals surface area contributed by atoms with E-state index in [1.807, 2.05) is 0 Å². The topological polar surface area (TPSA) is 62.2 Å². The van der Waals surface area contributed by atoms with Crippen molar-refractivity contribution in [2.24, 2.45) is 0 Å². The van der Waals surface area contributed by atoms with Crippen LogP contribution in [0.3, 0.4) is 0 Å². The Labute approximate surface area is 106 Å². The molecule has 0 bridgehead atoms. The number of hydrogen-bond acceptors (Lipinski definition) is 3. The van der Waals surface area contributed by atoms with Crippen LogP contribution in [0, 0.1) is 11.6 Å². The fourth-order valence-corrected chi connectivity index (χ4v) is 2.18. The lowest BCUT2D eigenvalue weighted by molar-refractivity contribution is -0.129. The zero-order chi connectivity index (χ0) is 13.6. The van der Waals surface area contributed by atoms with Crippen molar-refractivity contribution >= 4 is 11.6 Å². The molecule has 96 valence electrons. The number of aromatic nitrogens is 1. The standard InChI is InChI=1S/C13H8F2N2O2/c14-9-2-1-8-11(10(9)15)17-12(18)13(8,19)7-3-5-16-6-4-7/h1-6,19H,(H,17,18). The molecule has 2 aromatic rings. The van der Waals surface area contributed by atoms with E-state index in [1.54, 1.807) is 0 Å². The van der Waals surface area contributed by atoms with Gasteiger partial charge in [-0.1, -0.05) is 6.07 Å². The highest BCUT2D eigenvalue weighted by atomic mass is 19.2. The Morgan fingerprint density at radius 2 is 1.84 bits per heavy atom. The summed E-state index contributed by atoms with van der Waals surface area (Å²) in [5, 5.41) is 12.7. The first-order valence-corrected chi connectivity index (χ1v) is 5.48. The molecule has 2 heterocycles. The number of hydrogen-bond donors (Lipinski definition) is 2. The van der Waals surface area contributed by atoms with E-state index in [1.165, 1.54) is 30.6 Å². The molecule has 0 aliphatic carbocycles. The molecule has 3 rings (SSSR count). The summed E-state index contributed by atoms with van der Waals surface area (Å²) in [6.07, 6.45) is 2.80. The Morgan fingerprint density at radius 3 is 2.53 bits per heavy atom. The zero-order valence-corrected chi connectivity index (χ0v) is 9.52. The van der Waals surface area contributed by atoms with Crippen LogP contribution in [0.5, 0.6) is 0 Å². The van der Waals surface area contributed by atoms with Crippen molar-refractivity contribution in [3.8, 4) is 0 Å². The van der Waals surface area contributed by atoms with Crippen molar-refractivity contribution in [1.29, 1.82) is 0 Å². The second kappa shape index (κ2) is 3.83. The smallest absolute Gasteiger partial charge is 0.265 e. The van der Waals surface area contributed by atoms with Crippen LogP contribution >= 0.6 is 0 Å². The molecule has 0 saturated heterocycles. The van der Waals surface area contributed by atoms with Gasteiger partial charge in [0.05, 0.1) is 5.69 Å². The number of halogens is 2. The first kappa shape index (κ1) is 11.7. The highest BCUT2D eigenvalue weighted by molar-refractivity contribution is 6.07. The van der Waals surface area contributed by atoms with Gasteiger partial charge in [-0.05, 0) is 18.2 Å². The van der Waals surface area contributed by atoms with Gasteiger partial charge in [0.1, 0.15) is 0 Å². The van der Waals surface area contributed by atoms with Gasteiger partial charge in [0.25, 0.3) is 5.91 Å². The Bertz CT molecular complexity index is 676. The highest BCUT2D eigenvalue weighted by Crippen LogP contribution is 2.42. The summed E-state index contributed by atoms with van der Waals surface area (Å²) in [5.41, 5.74) is -2.14. The van der Waals surface area contributed by atoms with Gasteiger partial charge in [0, 0.05) is 23.5 Å². The summed E-state index contributed by atoms with van der Waals surface area (Å²) in [6.45, 7) is 0. The number of anilines is 1. The van der Waals surface area contributed by atoms with Crippen molar-refractivity contribution in [1.82, 2.24) is 4.98 Å². The van der Waals surface area contributed by atoms with E-state index in [0.29, 0.717) is 0 Å². The maximum Gasteiger partial charge on any atom is 0.265 e. The number of aliphatic hydroxyl groups is 1. The van der Waals surface area contributed by atoms with Crippen LogP contribution in [0.4, 0.5) is 14.5 Å². The summed E-state index contributed by atoms with van der Waals surface area (Å²) in [7, 11) is 0. The number of benzene rings is 1. The van der Waals surface area contributed by atoms with Gasteiger partial charge in [0.15, 0.2) is 17.2 Å². The minimum Gasteiger partial charge on any atom is -0.372 e. The number of nitrogens with one attached hydrogen (secondary N) is 1. The van der Waals surface area contributed by atoms with Crippen LogP contribution in [0.1, 0.15) is 11.1 Å². The number of carbonyl (C=O) groups excluding carboxylic acids is 1. The summed E-state index contributed by atoms with van der Waals surface area (Å²) in [6, 6.07) is 4.94. The van der Waals surface area contributed by atoms with E-state index >= 15 is 0 Å². The number of amides is 1. The molecular weight excluding hydrogens is 254 g/mol. The van der Waals surface area contributed by atoms with Crippen molar-refractivity contribution in [3.05, 3.63) is 59.4 Å². The largest absolute Gasteiger partial charge is 0.372 e. The lowest BCUT2D eigenvalue weighted by Gasteiger charge is -2.20. The molecule has 0 spiro atoms. The predicted octanol–water partition coefficient (Wildman–Crippen LogP) is 1.55. The lowest BCUT2D eigenvalue weighted by Crippen LogP contribution is -2.35. The number of fused-ring (bicyclic) bond motifs is 1. The minimum atomic E-state index is -2.03. The monoisotopic (exact) mass is 262 g/mol. The van der Waals surface area contributed by atoms with Crippen LogP contribution < -0.4 is 5.32 Å². The Hall–Kier alpha value is -2.34.